The van der Waals surface area contributed by atoms with Crippen molar-refractivity contribution < 1.29 is 33.4 Å². The normalized spacial score (nSPS) is 20.4. The minimum Gasteiger partial charge on any atom is -0.469 e. The molecule has 43 heavy (non-hydrogen) atoms. The largest absolute Gasteiger partial charge is 0.469 e. The second-order valence-corrected chi connectivity index (χ2v) is 13.0. The van der Waals surface area contributed by atoms with Gasteiger partial charge in [-0.05, 0) is 51.6 Å². The van der Waals surface area contributed by atoms with Crippen molar-refractivity contribution in [2.45, 2.75) is 111 Å². The van der Waals surface area contributed by atoms with E-state index < -0.39 is 30.2 Å². The minimum atomic E-state index is -0.733. The predicted octanol–water partition coefficient (Wildman–Crippen LogP) is 2.81. The summed E-state index contributed by atoms with van der Waals surface area (Å²) in [6.45, 7) is 14.2. The van der Waals surface area contributed by atoms with Gasteiger partial charge in [0.2, 0.25) is 17.7 Å². The van der Waals surface area contributed by atoms with Gasteiger partial charge in [-0.2, -0.15) is 0 Å². The molecule has 0 radical (unpaired) electrons. The summed E-state index contributed by atoms with van der Waals surface area (Å²) in [4.78, 5) is 58.8. The van der Waals surface area contributed by atoms with Crippen LogP contribution in [-0.2, 0) is 33.4 Å². The van der Waals surface area contributed by atoms with Crippen molar-refractivity contribution in [3.05, 3.63) is 0 Å². The van der Waals surface area contributed by atoms with Gasteiger partial charge in [-0.1, -0.05) is 48.0 Å². The zero-order chi connectivity index (χ0) is 33.2. The van der Waals surface area contributed by atoms with Gasteiger partial charge in [0, 0.05) is 27.8 Å². The lowest BCUT2D eigenvalue weighted by Gasteiger charge is -2.41. The zero-order valence-corrected chi connectivity index (χ0v) is 29.0. The molecule has 1 aliphatic heterocycles. The molecular formula is C32H60N4O7. The second-order valence-electron chi connectivity index (χ2n) is 13.0. The Morgan fingerprint density at radius 1 is 0.930 bits per heavy atom. The predicted molar refractivity (Wildman–Crippen MR) is 167 cm³/mol. The van der Waals surface area contributed by atoms with Crippen LogP contribution < -0.4 is 5.32 Å². The van der Waals surface area contributed by atoms with Gasteiger partial charge in [-0.15, -0.1) is 0 Å². The van der Waals surface area contributed by atoms with Crippen LogP contribution in [0.3, 0.4) is 0 Å². The van der Waals surface area contributed by atoms with Crippen molar-refractivity contribution in [3.8, 4) is 0 Å². The van der Waals surface area contributed by atoms with E-state index in [0.29, 0.717) is 6.54 Å². The van der Waals surface area contributed by atoms with Crippen LogP contribution in [0.25, 0.3) is 0 Å². The number of likely N-dealkylation sites (N-methyl/N-ethyl adjacent to an activating group) is 2. The van der Waals surface area contributed by atoms with Crippen LogP contribution in [0.15, 0.2) is 0 Å². The van der Waals surface area contributed by atoms with Crippen LogP contribution in [0.2, 0.25) is 0 Å². The van der Waals surface area contributed by atoms with Crippen molar-refractivity contribution in [2.24, 2.45) is 23.7 Å². The molecule has 11 heteroatoms. The molecule has 1 heterocycles. The molecular weight excluding hydrogens is 552 g/mol. The Balaban J connectivity index is 3.26. The molecule has 0 aromatic heterocycles. The molecule has 1 rings (SSSR count). The van der Waals surface area contributed by atoms with E-state index in [9.17, 15) is 19.2 Å². The average Bonchev–Trinajstić information content (AvgIpc) is 3.43. The van der Waals surface area contributed by atoms with Gasteiger partial charge < -0.3 is 29.3 Å². The lowest BCUT2D eigenvalue weighted by molar-refractivity contribution is -0.154. The fourth-order valence-electron chi connectivity index (χ4n) is 6.58. The minimum absolute atomic E-state index is 0.0147. The smallest absolute Gasteiger partial charge is 0.311 e. The van der Waals surface area contributed by atoms with Crippen LogP contribution in [-0.4, -0.2) is 124 Å². The van der Waals surface area contributed by atoms with Crippen LogP contribution in [0.4, 0.5) is 0 Å². The van der Waals surface area contributed by atoms with Crippen molar-refractivity contribution >= 4 is 23.7 Å². The number of methoxy groups -OCH3 is 3. The summed E-state index contributed by atoms with van der Waals surface area (Å²) in [6.07, 6.45) is 1.27. The molecule has 0 aliphatic carbocycles. The number of carbonyl (C=O) groups excluding carboxylic acids is 4. The standard InChI is InChI=1S/C32H60N4O7/c1-14-21(6)28(35(10)31(39)26(19(2)3)33-30(38)27(20(4)5)34(8)9)24(41-11)18-25(37)36-17-15-16-23(36)29(42-12)22(7)32(40)43-13/h19-24,26-29H,14-18H2,1-13H3,(H,33,38)/t21-,22+,23-,24+,26-,27-,28-,29+/m0/s1. The Labute approximate surface area is 260 Å². The van der Waals surface area contributed by atoms with Gasteiger partial charge in [-0.3, -0.25) is 24.1 Å². The van der Waals surface area contributed by atoms with Gasteiger partial charge in [0.05, 0.1) is 49.8 Å². The van der Waals surface area contributed by atoms with E-state index >= 15 is 0 Å². The lowest BCUT2D eigenvalue weighted by Crippen LogP contribution is -2.59. The van der Waals surface area contributed by atoms with Crippen LogP contribution in [0.5, 0.6) is 0 Å². The number of hydrogen-bond donors (Lipinski definition) is 1. The first-order valence-corrected chi connectivity index (χ1v) is 15.8. The summed E-state index contributed by atoms with van der Waals surface area (Å²) in [5, 5.41) is 3.02. The fraction of sp³-hybridized carbons (Fsp3) is 0.875. The molecule has 1 saturated heterocycles. The summed E-state index contributed by atoms with van der Waals surface area (Å²) < 4.78 is 16.6. The SMILES string of the molecule is CC[C@H](C)[C@@H]([C@@H](CC(=O)N1CCC[C@H]1[C@H](OC)[C@@H](C)C(=O)OC)OC)N(C)C(=O)[C@@H](NC(=O)[C@H](C(C)C)N(C)C)C(C)C. The molecule has 250 valence electrons. The van der Waals surface area contributed by atoms with E-state index in [1.54, 1.807) is 38.0 Å². The Morgan fingerprint density at radius 3 is 1.98 bits per heavy atom. The third-order valence-electron chi connectivity index (χ3n) is 9.10. The molecule has 0 saturated carbocycles. The first-order chi connectivity index (χ1) is 20.1. The molecule has 0 bridgehead atoms. The number of rotatable bonds is 17. The average molecular weight is 613 g/mol. The number of nitrogens with zero attached hydrogens (tertiary/aromatic N) is 3. The molecule has 1 fully saturated rings. The molecule has 0 aromatic carbocycles. The summed E-state index contributed by atoms with van der Waals surface area (Å²) >= 11 is 0. The van der Waals surface area contributed by atoms with E-state index in [0.717, 1.165) is 19.3 Å². The monoisotopic (exact) mass is 612 g/mol. The van der Waals surface area contributed by atoms with Gasteiger partial charge in [0.1, 0.15) is 6.04 Å². The number of likely N-dealkylation sites (tertiary alicyclic amines) is 1. The lowest BCUT2D eigenvalue weighted by atomic mass is 9.89. The maximum Gasteiger partial charge on any atom is 0.311 e. The summed E-state index contributed by atoms with van der Waals surface area (Å²) in [6, 6.07) is -1.78. The van der Waals surface area contributed by atoms with E-state index in [-0.39, 0.29) is 59.9 Å². The number of carbonyl (C=O) groups is 4. The second kappa shape index (κ2) is 17.9. The Morgan fingerprint density at radius 2 is 1.53 bits per heavy atom. The van der Waals surface area contributed by atoms with E-state index in [4.69, 9.17) is 14.2 Å². The summed E-state index contributed by atoms with van der Waals surface area (Å²) in [5.74, 6) is -1.49. The Kier molecular flexibility index (Phi) is 16.1. The maximum atomic E-state index is 14.0. The number of esters is 1. The molecule has 8 atom stereocenters. The Bertz CT molecular complexity index is 904. The summed E-state index contributed by atoms with van der Waals surface area (Å²) in [7, 11) is 9.92. The molecule has 1 N–H and O–H groups in total. The van der Waals surface area contributed by atoms with Gasteiger partial charge in [0.25, 0.3) is 0 Å². The van der Waals surface area contributed by atoms with Gasteiger partial charge in [0.15, 0.2) is 0 Å². The number of nitrogens with one attached hydrogen (secondary N) is 1. The van der Waals surface area contributed by atoms with E-state index in [1.165, 1.54) is 7.11 Å². The quantitative estimate of drug-likeness (QED) is 0.249. The third-order valence-corrected chi connectivity index (χ3v) is 9.10. The summed E-state index contributed by atoms with van der Waals surface area (Å²) in [5.41, 5.74) is 0. The van der Waals surface area contributed by atoms with Crippen molar-refractivity contribution in [3.63, 3.8) is 0 Å². The van der Waals surface area contributed by atoms with E-state index in [1.807, 2.05) is 60.5 Å². The van der Waals surface area contributed by atoms with Gasteiger partial charge >= 0.3 is 5.97 Å². The fourth-order valence-corrected chi connectivity index (χ4v) is 6.58. The highest BCUT2D eigenvalue weighted by Crippen LogP contribution is 2.29. The third kappa shape index (κ3) is 9.88. The molecule has 11 nitrogen and oxygen atoms in total. The number of ether oxygens (including phenoxy) is 3. The first kappa shape index (κ1) is 38.8. The van der Waals surface area contributed by atoms with Crippen LogP contribution in [0.1, 0.15) is 74.1 Å². The molecule has 1 aliphatic rings. The molecule has 3 amide bonds. The first-order valence-electron chi connectivity index (χ1n) is 15.8. The maximum absolute atomic E-state index is 14.0. The zero-order valence-electron chi connectivity index (χ0n) is 29.0. The Hall–Kier alpha value is -2.24. The number of amides is 3. The van der Waals surface area contributed by atoms with E-state index in [2.05, 4.69) is 5.32 Å². The van der Waals surface area contributed by atoms with Crippen molar-refractivity contribution in [1.29, 1.82) is 0 Å². The van der Waals surface area contributed by atoms with Gasteiger partial charge in [-0.25, -0.2) is 0 Å². The van der Waals surface area contributed by atoms with Crippen LogP contribution in [0, 0.1) is 23.7 Å². The molecule has 0 aromatic rings. The molecule has 0 spiro atoms. The number of hydrogen-bond acceptors (Lipinski definition) is 8. The van der Waals surface area contributed by atoms with Crippen LogP contribution >= 0.6 is 0 Å². The highest BCUT2D eigenvalue weighted by Gasteiger charge is 2.43. The van der Waals surface area contributed by atoms with Crippen molar-refractivity contribution in [2.75, 3.05) is 49.0 Å². The van der Waals surface area contributed by atoms with Crippen molar-refractivity contribution in [1.82, 2.24) is 20.0 Å². The molecule has 0 unspecified atom stereocenters. The highest BCUT2D eigenvalue weighted by molar-refractivity contribution is 5.90. The highest BCUT2D eigenvalue weighted by atomic mass is 16.5. The topological polar surface area (TPSA) is 118 Å².